The Morgan fingerprint density at radius 3 is 2.74 bits per heavy atom. The van der Waals surface area contributed by atoms with E-state index in [0.29, 0.717) is 18.4 Å². The molecule has 3 N–H and O–H groups in total. The summed E-state index contributed by atoms with van der Waals surface area (Å²) in [5, 5.41) is 15.4. The van der Waals surface area contributed by atoms with Crippen LogP contribution in [0.5, 0.6) is 0 Å². The summed E-state index contributed by atoms with van der Waals surface area (Å²) in [6.07, 6.45) is 3.92. The fourth-order valence-electron chi connectivity index (χ4n) is 2.62. The van der Waals surface area contributed by atoms with E-state index in [9.17, 15) is 4.79 Å². The molecule has 2 atom stereocenters. The first kappa shape index (κ1) is 18.7. The van der Waals surface area contributed by atoms with Gasteiger partial charge in [-0.05, 0) is 44.1 Å². The van der Waals surface area contributed by atoms with E-state index in [1.165, 1.54) is 0 Å². The summed E-state index contributed by atoms with van der Waals surface area (Å²) in [4.78, 5) is 12.0. The number of nitrogens with one attached hydrogen (secondary N) is 2. The molecular weight excluding hydrogens is 264 g/mol. The molecule has 0 radical (unpaired) electrons. The summed E-state index contributed by atoms with van der Waals surface area (Å²) in [7, 11) is 0. The molecule has 0 aromatic rings. The lowest BCUT2D eigenvalue weighted by Gasteiger charge is -2.24. The Hall–Kier alpha value is -0.320. The van der Waals surface area contributed by atoms with Crippen molar-refractivity contribution in [2.75, 3.05) is 26.2 Å². The van der Waals surface area contributed by atoms with Crippen molar-refractivity contribution in [3.63, 3.8) is 0 Å². The zero-order valence-electron chi connectivity index (χ0n) is 12.2. The van der Waals surface area contributed by atoms with E-state index in [1.807, 2.05) is 0 Å². The summed E-state index contributed by atoms with van der Waals surface area (Å²) in [5.74, 6) is 1.31. The first-order chi connectivity index (χ1) is 8.63. The van der Waals surface area contributed by atoms with Gasteiger partial charge in [0.05, 0.1) is 5.92 Å². The third-order valence-electron chi connectivity index (χ3n) is 3.57. The number of aliphatic hydroxyl groups is 1. The number of carbonyl (C=O) groups excluding carboxylic acids is 1. The maximum absolute atomic E-state index is 12.0. The van der Waals surface area contributed by atoms with Crippen molar-refractivity contribution in [2.24, 2.45) is 17.8 Å². The molecule has 1 fully saturated rings. The zero-order valence-corrected chi connectivity index (χ0v) is 13.0. The standard InChI is InChI=1S/C14H28N2O2.ClH/c1-11(2)8-12(5-7-17)9-16-14(18)13-4-3-6-15-10-13;/h11-13,15,17H,3-10H2,1-2H3,(H,16,18);1H. The van der Waals surface area contributed by atoms with Crippen LogP contribution in [0.4, 0.5) is 0 Å². The molecule has 0 bridgehead atoms. The van der Waals surface area contributed by atoms with Crippen molar-refractivity contribution in [2.45, 2.75) is 39.5 Å². The maximum atomic E-state index is 12.0. The van der Waals surface area contributed by atoms with Crippen molar-refractivity contribution in [3.8, 4) is 0 Å². The molecule has 19 heavy (non-hydrogen) atoms. The number of halogens is 1. The fourth-order valence-corrected chi connectivity index (χ4v) is 2.62. The van der Waals surface area contributed by atoms with E-state index < -0.39 is 0 Å². The van der Waals surface area contributed by atoms with Crippen LogP contribution in [0, 0.1) is 17.8 Å². The van der Waals surface area contributed by atoms with Gasteiger partial charge in [0.2, 0.25) is 5.91 Å². The van der Waals surface area contributed by atoms with Crippen molar-refractivity contribution in [1.29, 1.82) is 0 Å². The molecule has 0 aliphatic carbocycles. The van der Waals surface area contributed by atoms with Crippen molar-refractivity contribution in [1.82, 2.24) is 10.6 Å². The Morgan fingerprint density at radius 2 is 2.21 bits per heavy atom. The van der Waals surface area contributed by atoms with E-state index >= 15 is 0 Å². The molecule has 1 aliphatic rings. The summed E-state index contributed by atoms with van der Waals surface area (Å²) in [6.45, 7) is 7.10. The van der Waals surface area contributed by atoms with E-state index in [2.05, 4.69) is 24.5 Å². The minimum atomic E-state index is 0. The zero-order chi connectivity index (χ0) is 13.4. The molecule has 114 valence electrons. The van der Waals surface area contributed by atoms with Gasteiger partial charge >= 0.3 is 0 Å². The summed E-state index contributed by atoms with van der Waals surface area (Å²) >= 11 is 0. The molecular formula is C14H29ClN2O2. The van der Waals surface area contributed by atoms with Gasteiger partial charge in [0, 0.05) is 19.7 Å². The highest BCUT2D eigenvalue weighted by Gasteiger charge is 2.21. The summed E-state index contributed by atoms with van der Waals surface area (Å²) in [6, 6.07) is 0. The van der Waals surface area contributed by atoms with Gasteiger partial charge in [-0.2, -0.15) is 0 Å². The summed E-state index contributed by atoms with van der Waals surface area (Å²) < 4.78 is 0. The average Bonchev–Trinajstić information content (AvgIpc) is 2.36. The maximum Gasteiger partial charge on any atom is 0.224 e. The Kier molecular flexibility index (Phi) is 10.3. The van der Waals surface area contributed by atoms with Crippen LogP contribution < -0.4 is 10.6 Å². The molecule has 2 unspecified atom stereocenters. The molecule has 0 aromatic carbocycles. The normalized spacial score (nSPS) is 20.7. The first-order valence-corrected chi connectivity index (χ1v) is 7.22. The third-order valence-corrected chi connectivity index (χ3v) is 3.57. The van der Waals surface area contributed by atoms with Crippen molar-refractivity contribution in [3.05, 3.63) is 0 Å². The van der Waals surface area contributed by atoms with Crippen molar-refractivity contribution >= 4 is 18.3 Å². The Morgan fingerprint density at radius 1 is 1.47 bits per heavy atom. The van der Waals surface area contributed by atoms with Crippen LogP contribution in [0.25, 0.3) is 0 Å². The SMILES string of the molecule is CC(C)CC(CCO)CNC(=O)C1CCCNC1.Cl. The molecule has 5 heteroatoms. The lowest BCUT2D eigenvalue weighted by atomic mass is 9.93. The highest BCUT2D eigenvalue weighted by molar-refractivity contribution is 5.85. The molecule has 1 amide bonds. The molecule has 0 saturated carbocycles. The van der Waals surface area contributed by atoms with Gasteiger partial charge in [0.1, 0.15) is 0 Å². The monoisotopic (exact) mass is 292 g/mol. The topological polar surface area (TPSA) is 61.4 Å². The minimum Gasteiger partial charge on any atom is -0.396 e. The molecule has 1 aliphatic heterocycles. The second kappa shape index (κ2) is 10.5. The van der Waals surface area contributed by atoms with Crippen LogP contribution in [-0.4, -0.2) is 37.3 Å². The van der Waals surface area contributed by atoms with Gasteiger partial charge in [-0.25, -0.2) is 0 Å². The molecule has 0 spiro atoms. The lowest BCUT2D eigenvalue weighted by Crippen LogP contribution is -2.42. The number of carbonyl (C=O) groups is 1. The number of piperidine rings is 1. The smallest absolute Gasteiger partial charge is 0.224 e. The van der Waals surface area contributed by atoms with Gasteiger partial charge < -0.3 is 15.7 Å². The van der Waals surface area contributed by atoms with Gasteiger partial charge in [0.15, 0.2) is 0 Å². The number of hydrogen-bond acceptors (Lipinski definition) is 3. The van der Waals surface area contributed by atoms with Crippen LogP contribution in [-0.2, 0) is 4.79 Å². The van der Waals surface area contributed by atoms with Gasteiger partial charge in [-0.15, -0.1) is 12.4 Å². The van der Waals surface area contributed by atoms with Gasteiger partial charge in [0.25, 0.3) is 0 Å². The third kappa shape index (κ3) is 7.75. The Balaban J connectivity index is 0.00000324. The fraction of sp³-hybridized carbons (Fsp3) is 0.929. The largest absolute Gasteiger partial charge is 0.396 e. The van der Waals surface area contributed by atoms with Crippen LogP contribution in [0.15, 0.2) is 0 Å². The molecule has 0 aromatic heterocycles. The summed E-state index contributed by atoms with van der Waals surface area (Å²) in [5.41, 5.74) is 0. The van der Waals surface area contributed by atoms with Crippen LogP contribution in [0.2, 0.25) is 0 Å². The second-order valence-corrected chi connectivity index (χ2v) is 5.80. The number of amides is 1. The molecule has 1 saturated heterocycles. The van der Waals surface area contributed by atoms with E-state index in [4.69, 9.17) is 5.11 Å². The van der Waals surface area contributed by atoms with Gasteiger partial charge in [-0.3, -0.25) is 4.79 Å². The van der Waals surface area contributed by atoms with E-state index in [1.54, 1.807) is 0 Å². The predicted octanol–water partition coefficient (Wildman–Crippen LogP) is 1.57. The molecule has 4 nitrogen and oxygen atoms in total. The van der Waals surface area contributed by atoms with Crippen LogP contribution in [0.3, 0.4) is 0 Å². The highest BCUT2D eigenvalue weighted by atomic mass is 35.5. The number of rotatable bonds is 7. The quantitative estimate of drug-likeness (QED) is 0.667. The molecule has 1 heterocycles. The Labute approximate surface area is 123 Å². The van der Waals surface area contributed by atoms with Gasteiger partial charge in [-0.1, -0.05) is 13.8 Å². The van der Waals surface area contributed by atoms with Crippen LogP contribution >= 0.6 is 12.4 Å². The Bertz CT molecular complexity index is 244. The van der Waals surface area contributed by atoms with E-state index in [0.717, 1.165) is 38.8 Å². The van der Waals surface area contributed by atoms with Crippen molar-refractivity contribution < 1.29 is 9.90 Å². The van der Waals surface area contributed by atoms with E-state index in [-0.39, 0.29) is 30.8 Å². The minimum absolute atomic E-state index is 0. The number of hydrogen-bond donors (Lipinski definition) is 3. The first-order valence-electron chi connectivity index (χ1n) is 7.22. The lowest BCUT2D eigenvalue weighted by molar-refractivity contribution is -0.125. The van der Waals surface area contributed by atoms with Crippen LogP contribution in [0.1, 0.15) is 39.5 Å². The average molecular weight is 293 g/mol. The highest BCUT2D eigenvalue weighted by Crippen LogP contribution is 2.15. The molecule has 1 rings (SSSR count). The second-order valence-electron chi connectivity index (χ2n) is 5.80. The predicted molar refractivity (Wildman–Crippen MR) is 80.5 cm³/mol. The number of aliphatic hydroxyl groups excluding tert-OH is 1.